The van der Waals surface area contributed by atoms with Crippen LogP contribution in [0.4, 0.5) is 0 Å². The molecule has 0 aliphatic rings. The molecular weight excluding hydrogens is 422 g/mol. The fourth-order valence-corrected chi connectivity index (χ4v) is 3.90. The predicted octanol–water partition coefficient (Wildman–Crippen LogP) is 5.79. The molecule has 4 rings (SSSR count). The number of imidazole rings is 1. The van der Waals surface area contributed by atoms with E-state index in [-0.39, 0.29) is 5.91 Å². The first kappa shape index (κ1) is 21.9. The molecule has 4 aromatic rings. The molecule has 0 fully saturated rings. The Balaban J connectivity index is 1.39. The van der Waals surface area contributed by atoms with Crippen LogP contribution in [0.5, 0.6) is 5.75 Å². The van der Waals surface area contributed by atoms with Gasteiger partial charge in [0.05, 0.1) is 34.8 Å². The van der Waals surface area contributed by atoms with E-state index in [1.165, 1.54) is 5.56 Å². The molecule has 0 atom stereocenters. The van der Waals surface area contributed by atoms with Crippen molar-refractivity contribution in [3.05, 3.63) is 94.8 Å². The van der Waals surface area contributed by atoms with Gasteiger partial charge in [0.15, 0.2) is 0 Å². The molecule has 0 aliphatic carbocycles. The summed E-state index contributed by atoms with van der Waals surface area (Å²) in [4.78, 5) is 17.3. The summed E-state index contributed by atoms with van der Waals surface area (Å²) < 4.78 is 8.04. The van der Waals surface area contributed by atoms with Gasteiger partial charge in [-0.15, -0.1) is 0 Å². The lowest BCUT2D eigenvalue weighted by Crippen LogP contribution is -2.25. The van der Waals surface area contributed by atoms with Crippen molar-refractivity contribution in [2.45, 2.75) is 32.9 Å². The lowest BCUT2D eigenvalue weighted by atomic mass is 10.2. The number of para-hydroxylation sites is 2. The van der Waals surface area contributed by atoms with Gasteiger partial charge in [-0.2, -0.15) is 0 Å². The predicted molar refractivity (Wildman–Crippen MR) is 128 cm³/mol. The van der Waals surface area contributed by atoms with Crippen molar-refractivity contribution in [2.24, 2.45) is 0 Å². The number of halogens is 1. The number of carbonyl (C=O) groups is 1. The van der Waals surface area contributed by atoms with Crippen molar-refractivity contribution in [1.29, 1.82) is 0 Å². The number of amides is 1. The van der Waals surface area contributed by atoms with Crippen LogP contribution in [-0.4, -0.2) is 22.1 Å². The zero-order valence-electron chi connectivity index (χ0n) is 18.1. The molecule has 0 radical (unpaired) electrons. The molecule has 0 spiro atoms. The van der Waals surface area contributed by atoms with E-state index in [1.807, 2.05) is 36.4 Å². The van der Waals surface area contributed by atoms with Gasteiger partial charge in [0, 0.05) is 6.54 Å². The largest absolute Gasteiger partial charge is 0.494 e. The lowest BCUT2D eigenvalue weighted by molar-refractivity contribution is 0.0949. The number of aryl methyl sites for hydroxylation is 2. The van der Waals surface area contributed by atoms with E-state index in [2.05, 4.69) is 28.9 Å². The summed E-state index contributed by atoms with van der Waals surface area (Å²) in [5, 5.41) is 3.39. The van der Waals surface area contributed by atoms with Crippen LogP contribution < -0.4 is 10.1 Å². The third-order valence-electron chi connectivity index (χ3n) is 5.29. The molecule has 0 bridgehead atoms. The summed E-state index contributed by atoms with van der Waals surface area (Å²) in [5.41, 5.74) is 3.64. The summed E-state index contributed by atoms with van der Waals surface area (Å²) >= 11 is 6.15. The number of nitrogens with zero attached hydrogens (tertiary/aromatic N) is 2. The number of benzene rings is 3. The Labute approximate surface area is 193 Å². The summed E-state index contributed by atoms with van der Waals surface area (Å²) in [5.74, 6) is 1.52. The summed E-state index contributed by atoms with van der Waals surface area (Å²) in [6.07, 6.45) is 1.86. The second kappa shape index (κ2) is 10.3. The summed E-state index contributed by atoms with van der Waals surface area (Å²) in [7, 11) is 0. The molecule has 0 aliphatic heterocycles. The first-order chi connectivity index (χ1) is 15.6. The number of nitrogens with one attached hydrogen (secondary N) is 1. The van der Waals surface area contributed by atoms with E-state index in [1.54, 1.807) is 24.3 Å². The van der Waals surface area contributed by atoms with Gasteiger partial charge in [0.25, 0.3) is 5.91 Å². The summed E-state index contributed by atoms with van der Waals surface area (Å²) in [6, 6.07) is 23.2. The maximum atomic E-state index is 12.6. The van der Waals surface area contributed by atoms with E-state index in [0.717, 1.165) is 42.0 Å². The Morgan fingerprint density at radius 3 is 2.69 bits per heavy atom. The quantitative estimate of drug-likeness (QED) is 0.330. The number of aromatic nitrogens is 2. The van der Waals surface area contributed by atoms with Crippen molar-refractivity contribution in [2.75, 3.05) is 6.61 Å². The average Bonchev–Trinajstić information content (AvgIpc) is 3.15. The standard InChI is InChI=1S/C26H26ClN3O2/c1-19-9-8-10-20(17-19)32-16-7-6-15-30-24-14-5-4-13-23(24)29-25(30)18-28-26(31)21-11-2-3-12-22(21)27/h2-5,8-14,17H,6-7,15-16,18H2,1H3,(H,28,31). The molecule has 5 nitrogen and oxygen atoms in total. The van der Waals surface area contributed by atoms with Crippen LogP contribution in [0.2, 0.25) is 5.02 Å². The van der Waals surface area contributed by atoms with Crippen molar-refractivity contribution in [1.82, 2.24) is 14.9 Å². The molecule has 1 amide bonds. The second-order valence-corrected chi connectivity index (χ2v) is 8.11. The van der Waals surface area contributed by atoms with Crippen LogP contribution in [0.25, 0.3) is 11.0 Å². The van der Waals surface area contributed by atoms with E-state index in [0.29, 0.717) is 23.7 Å². The van der Waals surface area contributed by atoms with Crippen LogP contribution in [0, 0.1) is 6.92 Å². The number of rotatable bonds is 9. The second-order valence-electron chi connectivity index (χ2n) is 7.70. The third-order valence-corrected chi connectivity index (χ3v) is 5.62. The fraction of sp³-hybridized carbons (Fsp3) is 0.231. The lowest BCUT2D eigenvalue weighted by Gasteiger charge is -2.11. The molecular formula is C26H26ClN3O2. The van der Waals surface area contributed by atoms with Gasteiger partial charge >= 0.3 is 0 Å². The third kappa shape index (κ3) is 5.29. The highest BCUT2D eigenvalue weighted by atomic mass is 35.5. The number of unbranched alkanes of at least 4 members (excludes halogenated alkanes) is 1. The maximum Gasteiger partial charge on any atom is 0.253 e. The fourth-order valence-electron chi connectivity index (χ4n) is 3.68. The van der Waals surface area contributed by atoms with E-state index in [4.69, 9.17) is 21.3 Å². The molecule has 1 aromatic heterocycles. The minimum absolute atomic E-state index is 0.208. The smallest absolute Gasteiger partial charge is 0.253 e. The van der Waals surface area contributed by atoms with E-state index >= 15 is 0 Å². The highest BCUT2D eigenvalue weighted by Gasteiger charge is 2.13. The number of hydrogen-bond acceptors (Lipinski definition) is 3. The Kier molecular flexibility index (Phi) is 7.07. The van der Waals surface area contributed by atoms with Gasteiger partial charge in [0.2, 0.25) is 0 Å². The van der Waals surface area contributed by atoms with E-state index in [9.17, 15) is 4.79 Å². The Morgan fingerprint density at radius 2 is 1.84 bits per heavy atom. The van der Waals surface area contributed by atoms with Crippen LogP contribution >= 0.6 is 11.6 Å². The Bertz CT molecular complexity index is 1220. The van der Waals surface area contributed by atoms with Crippen LogP contribution in [0.15, 0.2) is 72.8 Å². The van der Waals surface area contributed by atoms with Gasteiger partial charge in [-0.25, -0.2) is 4.98 Å². The highest BCUT2D eigenvalue weighted by molar-refractivity contribution is 6.33. The number of fused-ring (bicyclic) bond motifs is 1. The van der Waals surface area contributed by atoms with Crippen LogP contribution in [0.3, 0.4) is 0 Å². The molecule has 164 valence electrons. The minimum atomic E-state index is -0.208. The maximum absolute atomic E-state index is 12.6. The first-order valence-electron chi connectivity index (χ1n) is 10.8. The molecule has 32 heavy (non-hydrogen) atoms. The SMILES string of the molecule is Cc1cccc(OCCCCn2c(CNC(=O)c3ccccc3Cl)nc3ccccc32)c1. The Morgan fingerprint density at radius 1 is 1.03 bits per heavy atom. The zero-order valence-corrected chi connectivity index (χ0v) is 18.8. The molecule has 3 aromatic carbocycles. The van der Waals surface area contributed by atoms with Crippen LogP contribution in [0.1, 0.15) is 34.6 Å². The number of hydrogen-bond donors (Lipinski definition) is 1. The van der Waals surface area contributed by atoms with E-state index < -0.39 is 0 Å². The average molecular weight is 448 g/mol. The molecule has 0 unspecified atom stereocenters. The summed E-state index contributed by atoms with van der Waals surface area (Å²) in [6.45, 7) is 3.85. The normalized spacial score (nSPS) is 10.9. The molecule has 6 heteroatoms. The van der Waals surface area contributed by atoms with Crippen molar-refractivity contribution >= 4 is 28.5 Å². The molecule has 0 saturated heterocycles. The topological polar surface area (TPSA) is 56.1 Å². The zero-order chi connectivity index (χ0) is 22.3. The van der Waals surface area contributed by atoms with Gasteiger partial charge in [0.1, 0.15) is 11.6 Å². The number of ether oxygens (including phenoxy) is 1. The van der Waals surface area contributed by atoms with Gasteiger partial charge in [-0.3, -0.25) is 4.79 Å². The van der Waals surface area contributed by atoms with Crippen molar-refractivity contribution in [3.8, 4) is 5.75 Å². The molecule has 1 N–H and O–H groups in total. The van der Waals surface area contributed by atoms with Crippen molar-refractivity contribution in [3.63, 3.8) is 0 Å². The van der Waals surface area contributed by atoms with Crippen LogP contribution in [-0.2, 0) is 13.1 Å². The van der Waals surface area contributed by atoms with Gasteiger partial charge in [-0.05, 0) is 61.7 Å². The highest BCUT2D eigenvalue weighted by Crippen LogP contribution is 2.19. The molecule has 1 heterocycles. The number of carbonyl (C=O) groups excluding carboxylic acids is 1. The van der Waals surface area contributed by atoms with Gasteiger partial charge < -0.3 is 14.6 Å². The van der Waals surface area contributed by atoms with Gasteiger partial charge in [-0.1, -0.05) is 48.0 Å². The van der Waals surface area contributed by atoms with Crippen molar-refractivity contribution < 1.29 is 9.53 Å². The minimum Gasteiger partial charge on any atom is -0.494 e. The molecule has 0 saturated carbocycles. The Hall–Kier alpha value is -3.31. The monoisotopic (exact) mass is 447 g/mol. The first-order valence-corrected chi connectivity index (χ1v) is 11.2.